The monoisotopic (exact) mass is 327 g/mol. The summed E-state index contributed by atoms with van der Waals surface area (Å²) in [4.78, 5) is 22.6. The first kappa shape index (κ1) is 19.2. The van der Waals surface area contributed by atoms with Crippen molar-refractivity contribution in [2.24, 2.45) is 5.92 Å². The second kappa shape index (κ2) is 7.84. The molecule has 0 bridgehead atoms. The maximum Gasteiger partial charge on any atom is 0.346 e. The van der Waals surface area contributed by atoms with Crippen LogP contribution in [0.2, 0.25) is 0 Å². The number of likely N-dealkylation sites (N-methyl/N-ethyl adjacent to an activating group) is 1. The number of carboxylic acid groups (broad SMARTS) is 1. The number of carbonyl (C=O) groups is 2. The third kappa shape index (κ3) is 5.29. The van der Waals surface area contributed by atoms with Crippen molar-refractivity contribution in [2.75, 3.05) is 19.3 Å². The number of carboxylic acids is 1. The number of carbonyl (C=O) groups excluding carboxylic acids is 1. The number of rotatable bonds is 8. The first-order valence-corrected chi connectivity index (χ1v) is 8.16. The third-order valence-electron chi connectivity index (χ3n) is 2.66. The van der Waals surface area contributed by atoms with Crippen molar-refractivity contribution in [2.45, 2.75) is 32.1 Å². The minimum Gasteiger partial charge on any atom is -0.478 e. The quantitative estimate of drug-likeness (QED) is 0.488. The number of sulfonamides is 1. The van der Waals surface area contributed by atoms with E-state index in [0.29, 0.717) is 0 Å². The normalized spacial score (nSPS) is 15.2. The fourth-order valence-corrected chi connectivity index (χ4v) is 2.41. The van der Waals surface area contributed by atoms with E-state index in [1.807, 2.05) is 0 Å². The van der Waals surface area contributed by atoms with Crippen molar-refractivity contribution in [1.29, 1.82) is 0 Å². The first-order chi connectivity index (χ1) is 9.03. The summed E-state index contributed by atoms with van der Waals surface area (Å²) in [6.45, 7) is 4.08. The summed E-state index contributed by atoms with van der Waals surface area (Å²) in [7, 11) is -2.35. The molecule has 0 fully saturated rings. The van der Waals surface area contributed by atoms with Crippen molar-refractivity contribution in [3.8, 4) is 0 Å². The summed E-state index contributed by atoms with van der Waals surface area (Å²) in [6, 6.07) is 0. The number of esters is 1. The van der Waals surface area contributed by atoms with E-state index in [9.17, 15) is 18.0 Å². The van der Waals surface area contributed by atoms with Crippen LogP contribution in [0.4, 0.5) is 0 Å². The lowest BCUT2D eigenvalue weighted by Crippen LogP contribution is -2.43. The predicted octanol–water partition coefficient (Wildman–Crippen LogP) is 0.219. The molecule has 0 unspecified atom stereocenters. The molecule has 0 saturated heterocycles. The van der Waals surface area contributed by atoms with Crippen LogP contribution in [-0.4, -0.2) is 60.5 Å². The van der Waals surface area contributed by atoms with Crippen LogP contribution >= 0.6 is 12.6 Å². The molecule has 2 atom stereocenters. The summed E-state index contributed by atoms with van der Waals surface area (Å²) in [5.41, 5.74) is 0. The molecule has 0 aromatic rings. The number of hydrogen-bond acceptors (Lipinski definition) is 6. The number of thiol groups is 1. The number of nitrogens with zero attached hydrogens (tertiary/aromatic N) is 1. The highest BCUT2D eigenvalue weighted by Crippen LogP contribution is 2.10. The van der Waals surface area contributed by atoms with Crippen LogP contribution < -0.4 is 0 Å². The minimum absolute atomic E-state index is 0.214. The molecule has 0 aliphatic heterocycles. The van der Waals surface area contributed by atoms with Crippen molar-refractivity contribution in [3.63, 3.8) is 0 Å². The van der Waals surface area contributed by atoms with Crippen molar-refractivity contribution in [1.82, 2.24) is 4.31 Å². The molecule has 0 amide bonds. The van der Waals surface area contributed by atoms with E-state index in [2.05, 4.69) is 12.6 Å². The summed E-state index contributed by atoms with van der Waals surface area (Å²) in [6.07, 6.45) is -1.54. The van der Waals surface area contributed by atoms with Gasteiger partial charge in [-0.05, 0) is 13.8 Å². The lowest BCUT2D eigenvalue weighted by atomic mass is 10.2. The Kier molecular flexibility index (Phi) is 7.53. The molecule has 0 saturated carbocycles. The Morgan fingerprint density at radius 3 is 2.15 bits per heavy atom. The van der Waals surface area contributed by atoms with Crippen LogP contribution in [0.3, 0.4) is 0 Å². The highest BCUT2D eigenvalue weighted by atomic mass is 32.2. The highest BCUT2D eigenvalue weighted by Gasteiger charge is 2.31. The molecule has 1 N–H and O–H groups in total. The topological polar surface area (TPSA) is 101 Å². The first-order valence-electron chi connectivity index (χ1n) is 6.03. The van der Waals surface area contributed by atoms with Gasteiger partial charge >= 0.3 is 11.9 Å². The van der Waals surface area contributed by atoms with Crippen molar-refractivity contribution in [3.05, 3.63) is 0 Å². The molecule has 0 aromatic heterocycles. The zero-order valence-electron chi connectivity index (χ0n) is 11.9. The van der Waals surface area contributed by atoms with E-state index >= 15 is 0 Å². The standard InChI is InChI=1S/C11H21NO6S2/c1-7(2)20(16,17)12(4)5-9(10(13)14)18-11(15)8(3)6-19/h7-9,19H,5-6H2,1-4H3,(H,13,14)/t8-,9+/m1/s1. The van der Waals surface area contributed by atoms with Gasteiger partial charge in [0.15, 0.2) is 0 Å². The summed E-state index contributed by atoms with van der Waals surface area (Å²) >= 11 is 3.92. The molecule has 0 aliphatic rings. The summed E-state index contributed by atoms with van der Waals surface area (Å²) < 4.78 is 29.4. The van der Waals surface area contributed by atoms with Crippen LogP contribution in [0.15, 0.2) is 0 Å². The molecule has 7 nitrogen and oxygen atoms in total. The van der Waals surface area contributed by atoms with Crippen LogP contribution in [0.5, 0.6) is 0 Å². The fourth-order valence-electron chi connectivity index (χ4n) is 1.19. The van der Waals surface area contributed by atoms with Crippen molar-refractivity contribution >= 4 is 34.6 Å². The Bertz CT molecular complexity index is 448. The van der Waals surface area contributed by atoms with Gasteiger partial charge in [-0.3, -0.25) is 4.79 Å². The highest BCUT2D eigenvalue weighted by molar-refractivity contribution is 7.89. The van der Waals surface area contributed by atoms with Crippen LogP contribution in [0, 0.1) is 5.92 Å². The molecule has 0 aliphatic carbocycles. The van der Waals surface area contributed by atoms with Gasteiger partial charge in [-0.1, -0.05) is 6.92 Å². The average molecular weight is 327 g/mol. The Hall–Kier alpha value is -0.800. The number of ether oxygens (including phenoxy) is 1. The van der Waals surface area contributed by atoms with Gasteiger partial charge in [0.05, 0.1) is 17.7 Å². The fraction of sp³-hybridized carbons (Fsp3) is 0.818. The van der Waals surface area contributed by atoms with Gasteiger partial charge in [0.25, 0.3) is 0 Å². The predicted molar refractivity (Wildman–Crippen MR) is 77.2 cm³/mol. The largest absolute Gasteiger partial charge is 0.478 e. The maximum atomic E-state index is 11.8. The minimum atomic E-state index is -3.60. The smallest absolute Gasteiger partial charge is 0.346 e. The molecule has 0 heterocycles. The Morgan fingerprint density at radius 1 is 1.30 bits per heavy atom. The molecular formula is C11H21NO6S2. The molecule has 118 valence electrons. The van der Waals surface area contributed by atoms with Crippen molar-refractivity contribution < 1.29 is 27.9 Å². The Balaban J connectivity index is 4.90. The lowest BCUT2D eigenvalue weighted by molar-refractivity contribution is -0.166. The molecular weight excluding hydrogens is 306 g/mol. The number of hydrogen-bond donors (Lipinski definition) is 2. The van der Waals surface area contributed by atoms with E-state index < -0.39 is 45.8 Å². The molecule has 0 spiro atoms. The average Bonchev–Trinajstić information content (AvgIpc) is 2.35. The summed E-state index contributed by atoms with van der Waals surface area (Å²) in [5, 5.41) is 8.33. The third-order valence-corrected chi connectivity index (χ3v) is 5.42. The lowest BCUT2D eigenvalue weighted by Gasteiger charge is -2.23. The molecule has 0 rings (SSSR count). The van der Waals surface area contributed by atoms with Gasteiger partial charge in [-0.2, -0.15) is 12.6 Å². The molecule has 9 heteroatoms. The van der Waals surface area contributed by atoms with E-state index in [1.165, 1.54) is 20.9 Å². The second-order valence-corrected chi connectivity index (χ2v) is 7.68. The van der Waals surface area contributed by atoms with Crippen LogP contribution in [0.25, 0.3) is 0 Å². The Labute approximate surface area is 124 Å². The van der Waals surface area contributed by atoms with Gasteiger partial charge in [0.1, 0.15) is 0 Å². The SMILES string of the molecule is CC(C)S(=O)(=O)N(C)C[C@H](OC(=O)[C@H](C)CS)C(=O)O. The van der Waals surface area contributed by atoms with Gasteiger partial charge in [-0.25, -0.2) is 17.5 Å². The second-order valence-electron chi connectivity index (χ2n) is 4.72. The zero-order chi connectivity index (χ0) is 16.1. The number of aliphatic carboxylic acids is 1. The van der Waals surface area contributed by atoms with E-state index in [4.69, 9.17) is 9.84 Å². The van der Waals surface area contributed by atoms with Gasteiger partial charge in [0, 0.05) is 12.8 Å². The van der Waals surface area contributed by atoms with Crippen LogP contribution in [-0.2, 0) is 24.3 Å². The van der Waals surface area contributed by atoms with E-state index in [-0.39, 0.29) is 5.75 Å². The van der Waals surface area contributed by atoms with E-state index in [1.54, 1.807) is 6.92 Å². The van der Waals surface area contributed by atoms with Gasteiger partial charge in [-0.15, -0.1) is 0 Å². The molecule has 0 radical (unpaired) electrons. The van der Waals surface area contributed by atoms with E-state index in [0.717, 1.165) is 4.31 Å². The van der Waals surface area contributed by atoms with Gasteiger partial charge < -0.3 is 9.84 Å². The zero-order valence-corrected chi connectivity index (χ0v) is 13.6. The molecule has 20 heavy (non-hydrogen) atoms. The Morgan fingerprint density at radius 2 is 1.80 bits per heavy atom. The van der Waals surface area contributed by atoms with Crippen LogP contribution in [0.1, 0.15) is 20.8 Å². The molecule has 0 aromatic carbocycles. The maximum absolute atomic E-state index is 11.8. The van der Waals surface area contributed by atoms with Gasteiger partial charge in [0.2, 0.25) is 16.1 Å². The summed E-state index contributed by atoms with van der Waals surface area (Å²) in [5.74, 6) is -2.46.